The lowest BCUT2D eigenvalue weighted by Crippen LogP contribution is -2.20. The molecule has 17 heavy (non-hydrogen) atoms. The molecule has 0 spiro atoms. The monoisotopic (exact) mass is 231 g/mol. The Morgan fingerprint density at radius 2 is 2.18 bits per heavy atom. The van der Waals surface area contributed by atoms with Crippen LogP contribution in [-0.4, -0.2) is 26.0 Å². The predicted octanol–water partition coefficient (Wildman–Crippen LogP) is 1.39. The second-order valence-corrected chi connectivity index (χ2v) is 3.94. The van der Waals surface area contributed by atoms with Crippen LogP contribution in [0.2, 0.25) is 0 Å². The molecule has 0 N–H and O–H groups in total. The van der Waals surface area contributed by atoms with Gasteiger partial charge in [0, 0.05) is 12.7 Å². The molecule has 1 aliphatic rings. The molecule has 1 heterocycles. The van der Waals surface area contributed by atoms with E-state index in [-0.39, 0.29) is 5.91 Å². The van der Waals surface area contributed by atoms with Gasteiger partial charge in [-0.3, -0.25) is 4.79 Å². The first-order valence-corrected chi connectivity index (χ1v) is 5.21. The Morgan fingerprint density at radius 3 is 2.82 bits per heavy atom. The highest BCUT2D eigenvalue weighted by molar-refractivity contribution is 6.16. The second kappa shape index (κ2) is 4.05. The van der Waals surface area contributed by atoms with Gasteiger partial charge in [-0.05, 0) is 23.3 Å². The van der Waals surface area contributed by atoms with E-state index in [1.807, 2.05) is 12.1 Å². The van der Waals surface area contributed by atoms with Gasteiger partial charge in [0.2, 0.25) is 5.91 Å². The predicted molar refractivity (Wildman–Crippen MR) is 64.6 cm³/mol. The summed E-state index contributed by atoms with van der Waals surface area (Å²) < 4.78 is 4.61. The third kappa shape index (κ3) is 1.82. The Kier molecular flexibility index (Phi) is 2.71. The fourth-order valence-electron chi connectivity index (χ4n) is 1.90. The lowest BCUT2D eigenvalue weighted by molar-refractivity contribution is -0.133. The number of carbonyl (C=O) groups is 2. The molecule has 0 aliphatic carbocycles. The van der Waals surface area contributed by atoms with Crippen molar-refractivity contribution >= 4 is 23.1 Å². The zero-order valence-corrected chi connectivity index (χ0v) is 9.82. The van der Waals surface area contributed by atoms with E-state index in [0.717, 1.165) is 11.3 Å². The molecular formula is C13H13NO3. The Labute approximate surface area is 99.5 Å². The van der Waals surface area contributed by atoms with Crippen molar-refractivity contribution in [2.45, 2.75) is 6.42 Å². The molecule has 0 saturated carbocycles. The largest absolute Gasteiger partial charge is 0.465 e. The van der Waals surface area contributed by atoms with Gasteiger partial charge in [-0.15, -0.1) is 0 Å². The number of anilines is 1. The van der Waals surface area contributed by atoms with Crippen LogP contribution in [-0.2, 0) is 20.7 Å². The van der Waals surface area contributed by atoms with Crippen LogP contribution in [0.15, 0.2) is 24.8 Å². The summed E-state index contributed by atoms with van der Waals surface area (Å²) in [6.45, 7) is 3.69. The number of hydrogen-bond donors (Lipinski definition) is 0. The van der Waals surface area contributed by atoms with Crippen LogP contribution in [0.25, 0.3) is 5.57 Å². The smallest absolute Gasteiger partial charge is 0.337 e. The van der Waals surface area contributed by atoms with E-state index in [0.29, 0.717) is 17.6 Å². The van der Waals surface area contributed by atoms with Crippen molar-refractivity contribution < 1.29 is 14.3 Å². The van der Waals surface area contributed by atoms with Crippen LogP contribution in [0, 0.1) is 0 Å². The summed E-state index contributed by atoms with van der Waals surface area (Å²) in [7, 11) is 3.06. The number of fused-ring (bicyclic) bond motifs is 1. The summed E-state index contributed by atoms with van der Waals surface area (Å²) in [5.74, 6) is -0.400. The molecular weight excluding hydrogens is 218 g/mol. The number of ether oxygens (including phenoxy) is 1. The van der Waals surface area contributed by atoms with Crippen molar-refractivity contribution in [2.75, 3.05) is 19.1 Å². The Bertz CT molecular complexity index is 519. The van der Waals surface area contributed by atoms with Crippen LogP contribution < -0.4 is 4.90 Å². The Balaban J connectivity index is 2.37. The average Bonchev–Trinajstić information content (AvgIpc) is 2.62. The van der Waals surface area contributed by atoms with Gasteiger partial charge in [-0.2, -0.15) is 0 Å². The van der Waals surface area contributed by atoms with Gasteiger partial charge in [0.15, 0.2) is 0 Å². The quantitative estimate of drug-likeness (QED) is 0.571. The average molecular weight is 231 g/mol. The first-order chi connectivity index (χ1) is 8.04. The normalized spacial score (nSPS) is 13.5. The number of hydrogen-bond acceptors (Lipinski definition) is 3. The van der Waals surface area contributed by atoms with Crippen LogP contribution >= 0.6 is 0 Å². The SMILES string of the molecule is C=C(C(=O)OC)c1ccc2c(c1)CC(=O)N2C. The molecule has 4 heteroatoms. The molecule has 4 nitrogen and oxygen atoms in total. The first kappa shape index (κ1) is 11.4. The van der Waals surface area contributed by atoms with Gasteiger partial charge in [0.25, 0.3) is 0 Å². The van der Waals surface area contributed by atoms with Gasteiger partial charge >= 0.3 is 5.97 Å². The number of nitrogens with zero attached hydrogens (tertiary/aromatic N) is 1. The Hall–Kier alpha value is -2.10. The van der Waals surface area contributed by atoms with Crippen molar-refractivity contribution in [3.8, 4) is 0 Å². The highest BCUT2D eigenvalue weighted by atomic mass is 16.5. The third-order valence-electron chi connectivity index (χ3n) is 2.94. The van der Waals surface area contributed by atoms with E-state index in [1.54, 1.807) is 18.0 Å². The van der Waals surface area contributed by atoms with Crippen molar-refractivity contribution in [1.82, 2.24) is 0 Å². The standard InChI is InChI=1S/C13H13NO3/c1-8(13(16)17-3)9-4-5-11-10(6-9)7-12(15)14(11)2/h4-6H,1,7H2,2-3H3. The topological polar surface area (TPSA) is 46.6 Å². The number of benzene rings is 1. The molecule has 0 atom stereocenters. The minimum absolute atomic E-state index is 0.0563. The van der Waals surface area contributed by atoms with E-state index >= 15 is 0 Å². The number of likely N-dealkylation sites (N-methyl/N-ethyl adjacent to an activating group) is 1. The van der Waals surface area contributed by atoms with Gasteiger partial charge in [-0.25, -0.2) is 4.79 Å². The summed E-state index contributed by atoms with van der Waals surface area (Å²) in [5, 5.41) is 0. The summed E-state index contributed by atoms with van der Waals surface area (Å²) >= 11 is 0. The van der Waals surface area contributed by atoms with E-state index in [4.69, 9.17) is 0 Å². The third-order valence-corrected chi connectivity index (χ3v) is 2.94. The summed E-state index contributed by atoms with van der Waals surface area (Å²) in [6, 6.07) is 5.41. The van der Waals surface area contributed by atoms with Gasteiger partial charge < -0.3 is 9.64 Å². The maximum atomic E-state index is 11.5. The molecule has 0 unspecified atom stereocenters. The van der Waals surface area contributed by atoms with Crippen LogP contribution in [0.5, 0.6) is 0 Å². The van der Waals surface area contributed by atoms with Crippen molar-refractivity contribution in [2.24, 2.45) is 0 Å². The number of esters is 1. The molecule has 0 bridgehead atoms. The number of amides is 1. The fraction of sp³-hybridized carbons (Fsp3) is 0.231. The molecule has 0 fully saturated rings. The highest BCUT2D eigenvalue weighted by Gasteiger charge is 2.24. The summed E-state index contributed by atoms with van der Waals surface area (Å²) in [4.78, 5) is 24.5. The molecule has 1 aliphatic heterocycles. The summed E-state index contributed by atoms with van der Waals surface area (Å²) in [6.07, 6.45) is 0.369. The van der Waals surface area contributed by atoms with E-state index in [1.165, 1.54) is 7.11 Å². The minimum atomic E-state index is -0.456. The highest BCUT2D eigenvalue weighted by Crippen LogP contribution is 2.30. The van der Waals surface area contributed by atoms with E-state index in [2.05, 4.69) is 11.3 Å². The van der Waals surface area contributed by atoms with Crippen molar-refractivity contribution in [3.05, 3.63) is 35.9 Å². The van der Waals surface area contributed by atoms with Crippen molar-refractivity contribution in [1.29, 1.82) is 0 Å². The second-order valence-electron chi connectivity index (χ2n) is 3.94. The molecule has 0 aromatic heterocycles. The molecule has 2 rings (SSSR count). The fourth-order valence-corrected chi connectivity index (χ4v) is 1.90. The summed E-state index contributed by atoms with van der Waals surface area (Å²) in [5.41, 5.74) is 2.80. The zero-order valence-electron chi connectivity index (χ0n) is 9.82. The van der Waals surface area contributed by atoms with E-state index < -0.39 is 5.97 Å². The maximum Gasteiger partial charge on any atom is 0.337 e. The van der Waals surface area contributed by atoms with Gasteiger partial charge in [0.1, 0.15) is 0 Å². The zero-order chi connectivity index (χ0) is 12.6. The number of methoxy groups -OCH3 is 1. The first-order valence-electron chi connectivity index (χ1n) is 5.21. The molecule has 1 amide bonds. The van der Waals surface area contributed by atoms with E-state index in [9.17, 15) is 9.59 Å². The molecule has 88 valence electrons. The lowest BCUT2D eigenvalue weighted by atomic mass is 10.0. The molecule has 1 aromatic rings. The number of carbonyl (C=O) groups excluding carboxylic acids is 2. The Morgan fingerprint density at radius 1 is 1.47 bits per heavy atom. The molecule has 0 radical (unpaired) electrons. The van der Waals surface area contributed by atoms with Crippen molar-refractivity contribution in [3.63, 3.8) is 0 Å². The molecule has 0 saturated heterocycles. The van der Waals surface area contributed by atoms with Crippen LogP contribution in [0.1, 0.15) is 11.1 Å². The van der Waals surface area contributed by atoms with Gasteiger partial charge in [0.05, 0.1) is 19.1 Å². The maximum absolute atomic E-state index is 11.5. The number of rotatable bonds is 2. The molecule has 1 aromatic carbocycles. The van der Waals surface area contributed by atoms with Crippen LogP contribution in [0.3, 0.4) is 0 Å². The van der Waals surface area contributed by atoms with Crippen LogP contribution in [0.4, 0.5) is 5.69 Å². The van der Waals surface area contributed by atoms with Gasteiger partial charge in [-0.1, -0.05) is 12.6 Å². The lowest BCUT2D eigenvalue weighted by Gasteiger charge is -2.10. The minimum Gasteiger partial charge on any atom is -0.465 e.